The fourth-order valence-corrected chi connectivity index (χ4v) is 2.09. The van der Waals surface area contributed by atoms with Gasteiger partial charge in [0.05, 0.1) is 17.8 Å². The van der Waals surface area contributed by atoms with Crippen LogP contribution in [0.3, 0.4) is 0 Å². The predicted octanol–water partition coefficient (Wildman–Crippen LogP) is 3.12. The largest absolute Gasteiger partial charge is 0.462 e. The fraction of sp³-hybridized carbons (Fsp3) is 0.533. The quantitative estimate of drug-likeness (QED) is 0.817. The Morgan fingerprint density at radius 2 is 1.89 bits per heavy atom. The highest BCUT2D eigenvalue weighted by Crippen LogP contribution is 2.28. The molecule has 18 heavy (non-hydrogen) atoms. The maximum atomic E-state index is 11.5. The van der Waals surface area contributed by atoms with E-state index in [2.05, 4.69) is 13.8 Å². The number of benzene rings is 1. The molecule has 1 N–H and O–H groups in total. The lowest BCUT2D eigenvalue weighted by Crippen LogP contribution is -2.23. The van der Waals surface area contributed by atoms with Gasteiger partial charge in [0.15, 0.2) is 0 Å². The van der Waals surface area contributed by atoms with Crippen LogP contribution in [-0.2, 0) is 10.3 Å². The third-order valence-corrected chi connectivity index (χ3v) is 2.82. The Morgan fingerprint density at radius 1 is 1.33 bits per heavy atom. The molecule has 0 spiro atoms. The molecule has 1 rings (SSSR count). The van der Waals surface area contributed by atoms with Gasteiger partial charge < -0.3 is 9.84 Å². The molecule has 0 aliphatic carbocycles. The summed E-state index contributed by atoms with van der Waals surface area (Å²) in [7, 11) is 0. The lowest BCUT2D eigenvalue weighted by Gasteiger charge is -2.26. The minimum absolute atomic E-state index is 0.326. The van der Waals surface area contributed by atoms with E-state index in [0.717, 1.165) is 5.56 Å². The summed E-state index contributed by atoms with van der Waals surface area (Å²) in [4.78, 5) is 11.5. The van der Waals surface area contributed by atoms with E-state index in [1.165, 1.54) is 0 Å². The normalized spacial score (nSPS) is 14.3. The van der Waals surface area contributed by atoms with E-state index in [-0.39, 0.29) is 5.97 Å². The SMILES string of the molecule is CCOC(=O)c1ccc(C(C)(O)CC(C)C)cc1. The minimum Gasteiger partial charge on any atom is -0.462 e. The highest BCUT2D eigenvalue weighted by atomic mass is 16.5. The van der Waals surface area contributed by atoms with Gasteiger partial charge in [-0.1, -0.05) is 26.0 Å². The van der Waals surface area contributed by atoms with E-state index in [0.29, 0.717) is 24.5 Å². The number of rotatable bonds is 5. The van der Waals surface area contributed by atoms with E-state index in [9.17, 15) is 9.90 Å². The van der Waals surface area contributed by atoms with E-state index < -0.39 is 5.60 Å². The summed E-state index contributed by atoms with van der Waals surface area (Å²) in [6, 6.07) is 6.97. The molecule has 100 valence electrons. The van der Waals surface area contributed by atoms with Crippen LogP contribution in [0, 0.1) is 5.92 Å². The summed E-state index contributed by atoms with van der Waals surface area (Å²) in [6.45, 7) is 8.08. The molecule has 0 saturated heterocycles. The molecule has 0 bridgehead atoms. The van der Waals surface area contributed by atoms with Crippen molar-refractivity contribution in [3.8, 4) is 0 Å². The molecule has 0 heterocycles. The van der Waals surface area contributed by atoms with Crippen LogP contribution in [0.25, 0.3) is 0 Å². The number of aliphatic hydroxyl groups is 1. The zero-order chi connectivity index (χ0) is 13.8. The van der Waals surface area contributed by atoms with Gasteiger partial charge in [-0.15, -0.1) is 0 Å². The Hall–Kier alpha value is -1.35. The smallest absolute Gasteiger partial charge is 0.338 e. The topological polar surface area (TPSA) is 46.5 Å². The zero-order valence-electron chi connectivity index (χ0n) is 11.6. The van der Waals surface area contributed by atoms with Gasteiger partial charge in [0, 0.05) is 0 Å². The van der Waals surface area contributed by atoms with Gasteiger partial charge in [0.2, 0.25) is 0 Å². The maximum absolute atomic E-state index is 11.5. The highest BCUT2D eigenvalue weighted by Gasteiger charge is 2.24. The van der Waals surface area contributed by atoms with E-state index in [1.807, 2.05) is 0 Å². The standard InChI is InChI=1S/C15H22O3/c1-5-18-14(16)12-6-8-13(9-7-12)15(4,17)10-11(2)3/h6-9,11,17H,5,10H2,1-4H3. The van der Waals surface area contributed by atoms with Crippen molar-refractivity contribution in [3.05, 3.63) is 35.4 Å². The Kier molecular flexibility index (Phi) is 4.91. The number of hydrogen-bond donors (Lipinski definition) is 1. The molecule has 3 heteroatoms. The van der Waals surface area contributed by atoms with E-state index >= 15 is 0 Å². The second kappa shape index (κ2) is 6.01. The fourth-order valence-electron chi connectivity index (χ4n) is 2.09. The van der Waals surface area contributed by atoms with Crippen LogP contribution in [0.4, 0.5) is 0 Å². The van der Waals surface area contributed by atoms with Crippen LogP contribution in [0.2, 0.25) is 0 Å². The van der Waals surface area contributed by atoms with Crippen LogP contribution >= 0.6 is 0 Å². The second-order valence-corrected chi connectivity index (χ2v) is 5.17. The molecule has 1 aromatic carbocycles. The van der Waals surface area contributed by atoms with Crippen molar-refractivity contribution in [2.75, 3.05) is 6.61 Å². The number of carbonyl (C=O) groups is 1. The van der Waals surface area contributed by atoms with Gasteiger partial charge in [0.1, 0.15) is 0 Å². The van der Waals surface area contributed by atoms with Gasteiger partial charge in [-0.3, -0.25) is 0 Å². The first-order valence-electron chi connectivity index (χ1n) is 6.37. The number of hydrogen-bond acceptors (Lipinski definition) is 3. The first-order valence-corrected chi connectivity index (χ1v) is 6.37. The molecule has 0 amide bonds. The summed E-state index contributed by atoms with van der Waals surface area (Å²) in [5.41, 5.74) is 0.478. The molecule has 3 nitrogen and oxygen atoms in total. The van der Waals surface area contributed by atoms with Crippen molar-refractivity contribution < 1.29 is 14.6 Å². The molecule has 1 atom stereocenters. The molecule has 0 aliphatic heterocycles. The lowest BCUT2D eigenvalue weighted by molar-refractivity contribution is 0.0346. The maximum Gasteiger partial charge on any atom is 0.338 e. The van der Waals surface area contributed by atoms with Crippen molar-refractivity contribution in [2.24, 2.45) is 5.92 Å². The van der Waals surface area contributed by atoms with E-state index in [1.54, 1.807) is 38.1 Å². The summed E-state index contributed by atoms with van der Waals surface area (Å²) in [5.74, 6) is 0.0808. The molecular weight excluding hydrogens is 228 g/mol. The van der Waals surface area contributed by atoms with Crippen LogP contribution in [0.5, 0.6) is 0 Å². The molecular formula is C15H22O3. The van der Waals surface area contributed by atoms with Crippen molar-refractivity contribution in [2.45, 2.75) is 39.7 Å². The van der Waals surface area contributed by atoms with Crippen molar-refractivity contribution >= 4 is 5.97 Å². The van der Waals surface area contributed by atoms with Gasteiger partial charge in [-0.05, 0) is 43.9 Å². The molecule has 0 aromatic heterocycles. The molecule has 1 unspecified atom stereocenters. The highest BCUT2D eigenvalue weighted by molar-refractivity contribution is 5.89. The Balaban J connectivity index is 2.85. The Morgan fingerprint density at radius 3 is 2.33 bits per heavy atom. The van der Waals surface area contributed by atoms with Crippen LogP contribution in [-0.4, -0.2) is 17.7 Å². The first-order chi connectivity index (χ1) is 8.36. The molecule has 0 radical (unpaired) electrons. The average Bonchev–Trinajstić information content (AvgIpc) is 2.28. The average molecular weight is 250 g/mol. The number of ether oxygens (including phenoxy) is 1. The van der Waals surface area contributed by atoms with Gasteiger partial charge in [0.25, 0.3) is 0 Å². The molecule has 0 saturated carbocycles. The van der Waals surface area contributed by atoms with Crippen LogP contribution < -0.4 is 0 Å². The summed E-state index contributed by atoms with van der Waals surface area (Å²) in [5, 5.41) is 10.4. The first kappa shape index (κ1) is 14.7. The van der Waals surface area contributed by atoms with Crippen LogP contribution in [0.15, 0.2) is 24.3 Å². The van der Waals surface area contributed by atoms with Gasteiger partial charge >= 0.3 is 5.97 Å². The van der Waals surface area contributed by atoms with E-state index in [4.69, 9.17) is 4.74 Å². The third kappa shape index (κ3) is 3.84. The summed E-state index contributed by atoms with van der Waals surface area (Å²) in [6.07, 6.45) is 0.686. The summed E-state index contributed by atoms with van der Waals surface area (Å²) >= 11 is 0. The van der Waals surface area contributed by atoms with Crippen molar-refractivity contribution in [3.63, 3.8) is 0 Å². The Labute approximate surface area is 109 Å². The zero-order valence-corrected chi connectivity index (χ0v) is 11.6. The number of carbonyl (C=O) groups excluding carboxylic acids is 1. The monoisotopic (exact) mass is 250 g/mol. The predicted molar refractivity (Wildman–Crippen MR) is 71.4 cm³/mol. The van der Waals surface area contributed by atoms with Crippen molar-refractivity contribution in [1.82, 2.24) is 0 Å². The number of esters is 1. The molecule has 1 aromatic rings. The summed E-state index contributed by atoms with van der Waals surface area (Å²) < 4.78 is 4.92. The molecule has 0 aliphatic rings. The minimum atomic E-state index is -0.860. The van der Waals surface area contributed by atoms with Gasteiger partial charge in [-0.2, -0.15) is 0 Å². The Bertz CT molecular complexity index is 391. The van der Waals surface area contributed by atoms with Gasteiger partial charge in [-0.25, -0.2) is 4.79 Å². The lowest BCUT2D eigenvalue weighted by atomic mass is 9.87. The molecule has 0 fully saturated rings. The second-order valence-electron chi connectivity index (χ2n) is 5.17. The third-order valence-electron chi connectivity index (χ3n) is 2.82. The van der Waals surface area contributed by atoms with Crippen molar-refractivity contribution in [1.29, 1.82) is 0 Å². The van der Waals surface area contributed by atoms with Crippen LogP contribution in [0.1, 0.15) is 50.0 Å².